The van der Waals surface area contributed by atoms with Gasteiger partial charge in [0.15, 0.2) is 0 Å². The van der Waals surface area contributed by atoms with Gasteiger partial charge in [0.2, 0.25) is 0 Å². The Kier molecular flexibility index (Phi) is 4.15. The molecule has 1 aromatic rings. The smallest absolute Gasteiger partial charge is 0.317 e. The molecular formula is C17H25N3O. The SMILES string of the molecule is CC(C)CNC(=O)N1CCN2CCc3ccccc3C2C1. The molecule has 2 heterocycles. The van der Waals surface area contributed by atoms with E-state index in [1.807, 2.05) is 4.90 Å². The summed E-state index contributed by atoms with van der Waals surface area (Å²) in [6, 6.07) is 9.14. The number of amides is 2. The van der Waals surface area contributed by atoms with Crippen LogP contribution < -0.4 is 5.32 Å². The lowest BCUT2D eigenvalue weighted by Crippen LogP contribution is -2.55. The molecule has 2 aliphatic rings. The third-order valence-corrected chi connectivity index (χ3v) is 4.52. The van der Waals surface area contributed by atoms with Crippen LogP contribution in [0.15, 0.2) is 24.3 Å². The Balaban J connectivity index is 1.70. The van der Waals surface area contributed by atoms with Gasteiger partial charge in [-0.2, -0.15) is 0 Å². The van der Waals surface area contributed by atoms with Crippen LogP contribution in [0, 0.1) is 5.92 Å². The summed E-state index contributed by atoms with van der Waals surface area (Å²) >= 11 is 0. The van der Waals surface area contributed by atoms with Crippen LogP contribution in [-0.2, 0) is 6.42 Å². The fourth-order valence-corrected chi connectivity index (χ4v) is 3.32. The van der Waals surface area contributed by atoms with Gasteiger partial charge in [0.1, 0.15) is 0 Å². The second-order valence-corrected chi connectivity index (χ2v) is 6.53. The van der Waals surface area contributed by atoms with Crippen molar-refractivity contribution in [2.75, 3.05) is 32.7 Å². The number of hydrogen-bond acceptors (Lipinski definition) is 2. The van der Waals surface area contributed by atoms with Crippen molar-refractivity contribution in [2.24, 2.45) is 5.92 Å². The van der Waals surface area contributed by atoms with Gasteiger partial charge in [0, 0.05) is 32.7 Å². The zero-order valence-corrected chi connectivity index (χ0v) is 13.0. The molecule has 0 saturated carbocycles. The van der Waals surface area contributed by atoms with E-state index in [1.54, 1.807) is 0 Å². The largest absolute Gasteiger partial charge is 0.338 e. The number of hydrogen-bond donors (Lipinski definition) is 1. The summed E-state index contributed by atoms with van der Waals surface area (Å²) in [6.45, 7) is 8.73. The second kappa shape index (κ2) is 6.06. The number of urea groups is 1. The van der Waals surface area contributed by atoms with E-state index in [0.29, 0.717) is 12.0 Å². The van der Waals surface area contributed by atoms with Crippen LogP contribution in [0.1, 0.15) is 31.0 Å². The van der Waals surface area contributed by atoms with Gasteiger partial charge in [-0.25, -0.2) is 4.79 Å². The molecule has 114 valence electrons. The van der Waals surface area contributed by atoms with Crippen molar-refractivity contribution in [3.8, 4) is 0 Å². The van der Waals surface area contributed by atoms with Crippen LogP contribution in [0.4, 0.5) is 4.79 Å². The molecule has 2 amide bonds. The van der Waals surface area contributed by atoms with Crippen molar-refractivity contribution >= 4 is 6.03 Å². The minimum atomic E-state index is 0.0893. The normalized spacial score (nSPS) is 21.9. The Morgan fingerprint density at radius 1 is 1.29 bits per heavy atom. The highest BCUT2D eigenvalue weighted by molar-refractivity contribution is 5.74. The lowest BCUT2D eigenvalue weighted by Gasteiger charge is -2.44. The van der Waals surface area contributed by atoms with Crippen LogP contribution in [-0.4, -0.2) is 48.6 Å². The van der Waals surface area contributed by atoms with Crippen LogP contribution in [0.3, 0.4) is 0 Å². The molecule has 1 fully saturated rings. The fourth-order valence-electron chi connectivity index (χ4n) is 3.32. The first-order chi connectivity index (χ1) is 10.1. The quantitative estimate of drug-likeness (QED) is 0.905. The molecule has 0 aliphatic carbocycles. The van der Waals surface area contributed by atoms with E-state index in [1.165, 1.54) is 11.1 Å². The summed E-state index contributed by atoms with van der Waals surface area (Å²) in [5, 5.41) is 3.04. The molecule has 0 aromatic heterocycles. The molecule has 4 nitrogen and oxygen atoms in total. The number of rotatable bonds is 2. The summed E-state index contributed by atoms with van der Waals surface area (Å²) in [5.74, 6) is 0.491. The Hall–Kier alpha value is -1.55. The highest BCUT2D eigenvalue weighted by atomic mass is 16.2. The Labute approximate surface area is 127 Å². The van der Waals surface area contributed by atoms with E-state index in [0.717, 1.165) is 39.1 Å². The highest BCUT2D eigenvalue weighted by Gasteiger charge is 2.33. The fraction of sp³-hybridized carbons (Fsp3) is 0.588. The van der Waals surface area contributed by atoms with E-state index in [-0.39, 0.29) is 6.03 Å². The number of carbonyl (C=O) groups excluding carboxylic acids is 1. The zero-order chi connectivity index (χ0) is 14.8. The van der Waals surface area contributed by atoms with Gasteiger partial charge in [0.25, 0.3) is 0 Å². The van der Waals surface area contributed by atoms with Crippen molar-refractivity contribution in [3.05, 3.63) is 35.4 Å². The summed E-state index contributed by atoms with van der Waals surface area (Å²) in [7, 11) is 0. The molecule has 1 N–H and O–H groups in total. The Bertz CT molecular complexity index is 515. The van der Waals surface area contributed by atoms with Gasteiger partial charge >= 0.3 is 6.03 Å². The molecular weight excluding hydrogens is 262 g/mol. The molecule has 3 rings (SSSR count). The van der Waals surface area contributed by atoms with Crippen LogP contribution in [0.25, 0.3) is 0 Å². The maximum atomic E-state index is 12.3. The van der Waals surface area contributed by atoms with Gasteiger partial charge in [-0.15, -0.1) is 0 Å². The number of nitrogens with zero attached hydrogens (tertiary/aromatic N) is 2. The third-order valence-electron chi connectivity index (χ3n) is 4.52. The number of fused-ring (bicyclic) bond motifs is 3. The first-order valence-electron chi connectivity index (χ1n) is 8.00. The molecule has 0 bridgehead atoms. The minimum Gasteiger partial charge on any atom is -0.338 e. The molecule has 0 spiro atoms. The summed E-state index contributed by atoms with van der Waals surface area (Å²) in [5.41, 5.74) is 2.85. The Morgan fingerprint density at radius 3 is 2.90 bits per heavy atom. The maximum absolute atomic E-state index is 12.3. The third kappa shape index (κ3) is 3.05. The van der Waals surface area contributed by atoms with Gasteiger partial charge in [-0.3, -0.25) is 4.90 Å². The predicted octanol–water partition coefficient (Wildman–Crippen LogP) is 2.27. The average molecular weight is 287 g/mol. The molecule has 1 unspecified atom stereocenters. The standard InChI is InChI=1S/C17H25N3O/c1-13(2)11-18-17(21)20-10-9-19-8-7-14-5-3-4-6-15(14)16(19)12-20/h3-6,13,16H,7-12H2,1-2H3,(H,18,21). The summed E-state index contributed by atoms with van der Waals surface area (Å²) < 4.78 is 0. The predicted molar refractivity (Wildman–Crippen MR) is 84.3 cm³/mol. The highest BCUT2D eigenvalue weighted by Crippen LogP contribution is 2.32. The molecule has 21 heavy (non-hydrogen) atoms. The zero-order valence-electron chi connectivity index (χ0n) is 13.0. The summed E-state index contributed by atoms with van der Waals surface area (Å²) in [4.78, 5) is 16.8. The van der Waals surface area contributed by atoms with Gasteiger partial charge in [-0.05, 0) is 23.5 Å². The monoisotopic (exact) mass is 287 g/mol. The molecule has 1 atom stereocenters. The van der Waals surface area contributed by atoms with E-state index < -0.39 is 0 Å². The molecule has 4 heteroatoms. The van der Waals surface area contributed by atoms with Gasteiger partial charge < -0.3 is 10.2 Å². The lowest BCUT2D eigenvalue weighted by atomic mass is 9.91. The van der Waals surface area contributed by atoms with Crippen LogP contribution in [0.5, 0.6) is 0 Å². The van der Waals surface area contributed by atoms with Gasteiger partial charge in [0.05, 0.1) is 6.04 Å². The van der Waals surface area contributed by atoms with E-state index in [9.17, 15) is 4.79 Å². The number of carbonyl (C=O) groups is 1. The minimum absolute atomic E-state index is 0.0893. The molecule has 0 radical (unpaired) electrons. The number of benzene rings is 1. The molecule has 1 aromatic carbocycles. The number of nitrogens with one attached hydrogen (secondary N) is 1. The topological polar surface area (TPSA) is 35.6 Å². The van der Waals surface area contributed by atoms with Crippen LogP contribution in [0.2, 0.25) is 0 Å². The average Bonchev–Trinajstić information content (AvgIpc) is 2.52. The number of piperazine rings is 1. The van der Waals surface area contributed by atoms with Gasteiger partial charge in [-0.1, -0.05) is 38.1 Å². The van der Waals surface area contributed by atoms with E-state index in [2.05, 4.69) is 48.3 Å². The van der Waals surface area contributed by atoms with Crippen molar-refractivity contribution in [1.82, 2.24) is 15.1 Å². The van der Waals surface area contributed by atoms with Crippen molar-refractivity contribution in [1.29, 1.82) is 0 Å². The van der Waals surface area contributed by atoms with Crippen molar-refractivity contribution in [3.63, 3.8) is 0 Å². The summed E-state index contributed by atoms with van der Waals surface area (Å²) in [6.07, 6.45) is 1.13. The molecule has 1 saturated heterocycles. The van der Waals surface area contributed by atoms with E-state index >= 15 is 0 Å². The Morgan fingerprint density at radius 2 is 2.10 bits per heavy atom. The van der Waals surface area contributed by atoms with Crippen LogP contribution >= 0.6 is 0 Å². The maximum Gasteiger partial charge on any atom is 0.317 e. The van der Waals surface area contributed by atoms with Crippen molar-refractivity contribution < 1.29 is 4.79 Å². The first kappa shape index (κ1) is 14.4. The van der Waals surface area contributed by atoms with Crippen molar-refractivity contribution in [2.45, 2.75) is 26.3 Å². The van der Waals surface area contributed by atoms with E-state index in [4.69, 9.17) is 0 Å². The first-order valence-corrected chi connectivity index (χ1v) is 8.00. The second-order valence-electron chi connectivity index (χ2n) is 6.53. The molecule has 2 aliphatic heterocycles. The lowest BCUT2D eigenvalue weighted by molar-refractivity contribution is 0.0825.